The van der Waals surface area contributed by atoms with Gasteiger partial charge in [0.05, 0.1) is 0 Å². The topological polar surface area (TPSA) is 49.7 Å². The SMILES string of the molecule is Oc1ccccc1-c1c(O)c2c(c3ccccc13)C=CC(c1ccccc1)(c1ccccc1)O2. The van der Waals surface area contributed by atoms with E-state index in [-0.39, 0.29) is 11.5 Å². The molecule has 1 heterocycles. The van der Waals surface area contributed by atoms with Gasteiger partial charge in [0.1, 0.15) is 5.75 Å². The second-order valence-electron chi connectivity index (χ2n) is 8.43. The first-order chi connectivity index (χ1) is 16.7. The maximum Gasteiger partial charge on any atom is 0.178 e. The highest BCUT2D eigenvalue weighted by Crippen LogP contribution is 2.53. The summed E-state index contributed by atoms with van der Waals surface area (Å²) in [6.07, 6.45) is 4.10. The van der Waals surface area contributed by atoms with Crippen LogP contribution in [-0.4, -0.2) is 10.2 Å². The van der Waals surface area contributed by atoms with Gasteiger partial charge in [-0.1, -0.05) is 103 Å². The molecule has 1 aliphatic rings. The molecule has 0 atom stereocenters. The Morgan fingerprint density at radius 2 is 1.15 bits per heavy atom. The van der Waals surface area contributed by atoms with Crippen molar-refractivity contribution in [2.24, 2.45) is 0 Å². The fraction of sp³-hybridized carbons (Fsp3) is 0.0323. The molecule has 3 heteroatoms. The van der Waals surface area contributed by atoms with E-state index in [9.17, 15) is 10.2 Å². The third kappa shape index (κ3) is 2.98. The molecule has 0 fully saturated rings. The van der Waals surface area contributed by atoms with E-state index in [1.54, 1.807) is 12.1 Å². The van der Waals surface area contributed by atoms with Crippen LogP contribution in [0.25, 0.3) is 28.0 Å². The minimum absolute atomic E-state index is 0.00999. The lowest BCUT2D eigenvalue weighted by molar-refractivity contribution is 0.155. The zero-order valence-electron chi connectivity index (χ0n) is 18.3. The van der Waals surface area contributed by atoms with Gasteiger partial charge in [-0.05, 0) is 29.0 Å². The Morgan fingerprint density at radius 1 is 0.588 bits per heavy atom. The Hall–Kier alpha value is -4.50. The zero-order chi connectivity index (χ0) is 23.1. The smallest absolute Gasteiger partial charge is 0.178 e. The molecule has 0 spiro atoms. The van der Waals surface area contributed by atoms with Crippen LogP contribution in [0.5, 0.6) is 17.2 Å². The zero-order valence-corrected chi connectivity index (χ0v) is 18.3. The Labute approximate surface area is 197 Å². The normalized spacial score (nSPS) is 13.9. The molecule has 34 heavy (non-hydrogen) atoms. The summed E-state index contributed by atoms with van der Waals surface area (Å²) in [4.78, 5) is 0. The summed E-state index contributed by atoms with van der Waals surface area (Å²) < 4.78 is 6.81. The molecule has 3 nitrogen and oxygen atoms in total. The summed E-state index contributed by atoms with van der Waals surface area (Å²) in [5.41, 5.74) is 2.93. The molecule has 6 rings (SSSR count). The van der Waals surface area contributed by atoms with Gasteiger partial charge >= 0.3 is 0 Å². The molecular weight excluding hydrogens is 420 g/mol. The third-order valence-corrected chi connectivity index (χ3v) is 6.51. The van der Waals surface area contributed by atoms with Crippen molar-refractivity contribution in [3.63, 3.8) is 0 Å². The van der Waals surface area contributed by atoms with Crippen LogP contribution in [0.15, 0.2) is 115 Å². The summed E-state index contributed by atoms with van der Waals surface area (Å²) in [5.74, 6) is 0.509. The van der Waals surface area contributed by atoms with Crippen LogP contribution in [0.4, 0.5) is 0 Å². The van der Waals surface area contributed by atoms with Crippen LogP contribution >= 0.6 is 0 Å². The number of phenols is 2. The molecule has 164 valence electrons. The molecule has 0 amide bonds. The lowest BCUT2D eigenvalue weighted by Crippen LogP contribution is -2.34. The van der Waals surface area contributed by atoms with Crippen molar-refractivity contribution in [1.29, 1.82) is 0 Å². The van der Waals surface area contributed by atoms with Gasteiger partial charge in [0.25, 0.3) is 0 Å². The molecule has 0 aliphatic carbocycles. The van der Waals surface area contributed by atoms with Crippen LogP contribution in [0.2, 0.25) is 0 Å². The van der Waals surface area contributed by atoms with Crippen LogP contribution in [0, 0.1) is 0 Å². The molecular formula is C31H22O3. The molecule has 0 bridgehead atoms. The van der Waals surface area contributed by atoms with Crippen LogP contribution in [-0.2, 0) is 5.60 Å². The van der Waals surface area contributed by atoms with Gasteiger partial charge in [-0.15, -0.1) is 0 Å². The van der Waals surface area contributed by atoms with Crippen molar-refractivity contribution in [3.05, 3.63) is 132 Å². The van der Waals surface area contributed by atoms with E-state index in [1.807, 2.05) is 103 Å². The molecule has 5 aromatic rings. The fourth-order valence-corrected chi connectivity index (χ4v) is 4.90. The number of hydrogen-bond donors (Lipinski definition) is 2. The monoisotopic (exact) mass is 442 g/mol. The average molecular weight is 443 g/mol. The Morgan fingerprint density at radius 3 is 1.79 bits per heavy atom. The predicted molar refractivity (Wildman–Crippen MR) is 136 cm³/mol. The Kier molecular flexibility index (Phi) is 4.63. The van der Waals surface area contributed by atoms with Gasteiger partial charge in [-0.25, -0.2) is 0 Å². The van der Waals surface area contributed by atoms with E-state index in [4.69, 9.17) is 4.74 Å². The number of ether oxygens (including phenoxy) is 1. The van der Waals surface area contributed by atoms with Crippen molar-refractivity contribution in [1.82, 2.24) is 0 Å². The summed E-state index contributed by atoms with van der Waals surface area (Å²) in [5, 5.41) is 24.1. The van der Waals surface area contributed by atoms with Gasteiger partial charge in [0.2, 0.25) is 0 Å². The van der Waals surface area contributed by atoms with Crippen molar-refractivity contribution in [2.75, 3.05) is 0 Å². The molecule has 0 radical (unpaired) electrons. The second-order valence-corrected chi connectivity index (χ2v) is 8.43. The number of benzene rings is 5. The molecule has 5 aromatic carbocycles. The average Bonchev–Trinajstić information content (AvgIpc) is 2.90. The number of phenolic OH excluding ortho intramolecular Hbond substituents is 2. The maximum absolute atomic E-state index is 11.7. The van der Waals surface area contributed by atoms with Gasteiger partial charge in [0.15, 0.2) is 17.1 Å². The minimum atomic E-state index is -0.911. The highest BCUT2D eigenvalue weighted by molar-refractivity contribution is 6.07. The van der Waals surface area contributed by atoms with E-state index >= 15 is 0 Å². The summed E-state index contributed by atoms with van der Waals surface area (Å²) in [7, 11) is 0. The second kappa shape index (κ2) is 7.82. The van der Waals surface area contributed by atoms with Crippen molar-refractivity contribution in [2.45, 2.75) is 5.60 Å². The van der Waals surface area contributed by atoms with Crippen LogP contribution in [0.3, 0.4) is 0 Å². The van der Waals surface area contributed by atoms with Gasteiger partial charge < -0.3 is 14.9 Å². The number of aromatic hydroxyl groups is 2. The highest BCUT2D eigenvalue weighted by atomic mass is 16.5. The molecule has 0 unspecified atom stereocenters. The highest BCUT2D eigenvalue weighted by Gasteiger charge is 2.39. The quantitative estimate of drug-likeness (QED) is 0.309. The Balaban J connectivity index is 1.67. The molecule has 1 aliphatic heterocycles. The summed E-state index contributed by atoms with van der Waals surface area (Å²) >= 11 is 0. The van der Waals surface area contributed by atoms with Gasteiger partial charge in [0, 0.05) is 27.8 Å². The van der Waals surface area contributed by atoms with E-state index < -0.39 is 5.60 Å². The molecule has 0 saturated heterocycles. The summed E-state index contributed by atoms with van der Waals surface area (Å²) in [6, 6.07) is 35.0. The first kappa shape index (κ1) is 20.1. The van der Waals surface area contributed by atoms with Crippen LogP contribution in [0.1, 0.15) is 16.7 Å². The van der Waals surface area contributed by atoms with E-state index in [0.29, 0.717) is 16.9 Å². The first-order valence-corrected chi connectivity index (χ1v) is 11.2. The van der Waals surface area contributed by atoms with E-state index in [2.05, 4.69) is 6.08 Å². The number of fused-ring (bicyclic) bond motifs is 3. The van der Waals surface area contributed by atoms with Crippen molar-refractivity contribution >= 4 is 16.8 Å². The molecule has 0 saturated carbocycles. The largest absolute Gasteiger partial charge is 0.507 e. The lowest BCUT2D eigenvalue weighted by atomic mass is 9.82. The predicted octanol–water partition coefficient (Wildman–Crippen LogP) is 7.27. The standard InChI is InChI=1S/C31H22O3/c32-27-18-10-9-17-26(27)28-24-16-8-7-15-23(24)25-19-20-31(34-30(25)29(28)33,21-11-3-1-4-12-21)22-13-5-2-6-14-22/h1-20,32-33H. The number of hydrogen-bond acceptors (Lipinski definition) is 3. The van der Waals surface area contributed by atoms with Gasteiger partial charge in [-0.3, -0.25) is 0 Å². The van der Waals surface area contributed by atoms with Crippen molar-refractivity contribution < 1.29 is 14.9 Å². The molecule has 2 N–H and O–H groups in total. The Bertz CT molecular complexity index is 1500. The minimum Gasteiger partial charge on any atom is -0.507 e. The third-order valence-electron chi connectivity index (χ3n) is 6.51. The maximum atomic E-state index is 11.7. The lowest BCUT2D eigenvalue weighted by Gasteiger charge is -2.37. The number of rotatable bonds is 3. The fourth-order valence-electron chi connectivity index (χ4n) is 4.90. The van der Waals surface area contributed by atoms with Crippen molar-refractivity contribution in [3.8, 4) is 28.4 Å². The number of para-hydroxylation sites is 1. The van der Waals surface area contributed by atoms with E-state index in [0.717, 1.165) is 27.5 Å². The molecule has 0 aromatic heterocycles. The van der Waals surface area contributed by atoms with E-state index in [1.165, 1.54) is 0 Å². The van der Waals surface area contributed by atoms with Crippen LogP contribution < -0.4 is 4.74 Å². The van der Waals surface area contributed by atoms with Gasteiger partial charge in [-0.2, -0.15) is 0 Å². The summed E-state index contributed by atoms with van der Waals surface area (Å²) in [6.45, 7) is 0. The first-order valence-electron chi connectivity index (χ1n) is 11.2.